The van der Waals surface area contributed by atoms with Gasteiger partial charge in [0.05, 0.1) is 0 Å². The molecule has 0 aromatic carbocycles. The second-order valence-corrected chi connectivity index (χ2v) is 5.39. The van der Waals surface area contributed by atoms with Crippen LogP contribution in [0.5, 0.6) is 0 Å². The summed E-state index contributed by atoms with van der Waals surface area (Å²) in [5, 5.41) is 9.56. The van der Waals surface area contributed by atoms with E-state index in [1.165, 1.54) is 6.08 Å². The number of carbonyl (C=O) groups is 1. The molecule has 0 bridgehead atoms. The third kappa shape index (κ3) is 6.06. The first-order valence-corrected chi connectivity index (χ1v) is 4.51. The zero-order chi connectivity index (χ0) is 10.9. The van der Waals surface area contributed by atoms with Crippen molar-refractivity contribution in [2.24, 2.45) is 10.8 Å². The van der Waals surface area contributed by atoms with Gasteiger partial charge in [-0.05, 0) is 0 Å². The number of allylic oxidation sites excluding steroid dienone is 2. The molecule has 0 aromatic heterocycles. The molecule has 0 saturated heterocycles. The Morgan fingerprint density at radius 3 is 1.57 bits per heavy atom. The van der Waals surface area contributed by atoms with Crippen LogP contribution in [0.2, 0.25) is 0 Å². The van der Waals surface area contributed by atoms with E-state index in [-0.39, 0.29) is 55.1 Å². The number of aliphatic hydroxyl groups is 1. The van der Waals surface area contributed by atoms with E-state index in [2.05, 4.69) is 0 Å². The number of hydrogen-bond donors (Lipinski definition) is 1. The number of rotatable bonds is 1. The summed E-state index contributed by atoms with van der Waals surface area (Å²) in [4.78, 5) is 11.5. The summed E-state index contributed by atoms with van der Waals surface area (Å²) in [6.07, 6.45) is 1.33. The molecule has 0 aliphatic heterocycles. The summed E-state index contributed by atoms with van der Waals surface area (Å²) < 4.78 is 0. The Balaban J connectivity index is 0. The molecule has 0 fully saturated rings. The van der Waals surface area contributed by atoms with E-state index in [0.29, 0.717) is 0 Å². The second-order valence-electron chi connectivity index (χ2n) is 5.39. The van der Waals surface area contributed by atoms with Crippen LogP contribution >= 0.6 is 0 Å². The molecular formula is C11H20DyO2. The van der Waals surface area contributed by atoms with Crippen molar-refractivity contribution >= 4 is 5.78 Å². The maximum Gasteiger partial charge on any atom is 0.164 e. The minimum atomic E-state index is -0.417. The normalized spacial score (nSPS) is 13.4. The monoisotopic (exact) mass is 348 g/mol. The van der Waals surface area contributed by atoms with Crippen molar-refractivity contribution in [3.05, 3.63) is 11.8 Å². The number of carbonyl (C=O) groups excluding carboxylic acids is 1. The van der Waals surface area contributed by atoms with Crippen molar-refractivity contribution in [1.82, 2.24) is 0 Å². The smallest absolute Gasteiger partial charge is 0.164 e. The summed E-state index contributed by atoms with van der Waals surface area (Å²) in [6, 6.07) is 0. The number of aliphatic hydroxyl groups excluding tert-OH is 1. The summed E-state index contributed by atoms with van der Waals surface area (Å²) in [5.74, 6) is 0.104. The van der Waals surface area contributed by atoms with Crippen LogP contribution in [0.4, 0.5) is 0 Å². The van der Waals surface area contributed by atoms with Gasteiger partial charge in [0.1, 0.15) is 5.76 Å². The van der Waals surface area contributed by atoms with Gasteiger partial charge in [-0.1, -0.05) is 41.5 Å². The van der Waals surface area contributed by atoms with Crippen LogP contribution in [0.3, 0.4) is 0 Å². The second kappa shape index (κ2) is 5.53. The van der Waals surface area contributed by atoms with Gasteiger partial charge in [-0.25, -0.2) is 0 Å². The van der Waals surface area contributed by atoms with Crippen molar-refractivity contribution in [3.63, 3.8) is 0 Å². The van der Waals surface area contributed by atoms with Crippen LogP contribution in [-0.2, 0) is 4.79 Å². The maximum absolute atomic E-state index is 11.5. The fourth-order valence-corrected chi connectivity index (χ4v) is 0.557. The first kappa shape index (κ1) is 16.9. The van der Waals surface area contributed by atoms with Crippen molar-refractivity contribution in [1.29, 1.82) is 0 Å². The van der Waals surface area contributed by atoms with E-state index in [1.54, 1.807) is 0 Å². The van der Waals surface area contributed by atoms with Gasteiger partial charge in [0.15, 0.2) is 5.78 Å². The number of ketones is 1. The molecule has 0 spiro atoms. The van der Waals surface area contributed by atoms with Gasteiger partial charge in [-0.15, -0.1) is 0 Å². The van der Waals surface area contributed by atoms with Gasteiger partial charge in [-0.2, -0.15) is 0 Å². The van der Waals surface area contributed by atoms with E-state index in [4.69, 9.17) is 0 Å². The van der Waals surface area contributed by atoms with Crippen LogP contribution in [0.25, 0.3) is 0 Å². The minimum Gasteiger partial charge on any atom is -0.512 e. The van der Waals surface area contributed by atoms with Gasteiger partial charge in [-0.3, -0.25) is 4.79 Å². The van der Waals surface area contributed by atoms with Gasteiger partial charge < -0.3 is 5.11 Å². The Morgan fingerprint density at radius 2 is 1.36 bits per heavy atom. The third-order valence-electron chi connectivity index (χ3n) is 1.78. The summed E-state index contributed by atoms with van der Waals surface area (Å²) in [7, 11) is 0. The van der Waals surface area contributed by atoms with Gasteiger partial charge in [0.25, 0.3) is 0 Å². The predicted octanol–water partition coefficient (Wildman–Crippen LogP) is 3.09. The van der Waals surface area contributed by atoms with Gasteiger partial charge in [0.2, 0.25) is 0 Å². The molecule has 0 rings (SSSR count). The summed E-state index contributed by atoms with van der Waals surface area (Å²) in [6.45, 7) is 11.1. The van der Waals surface area contributed by atoms with Crippen LogP contribution in [0.15, 0.2) is 11.8 Å². The molecule has 3 heteroatoms. The Bertz CT molecular complexity index is 229. The minimum absolute atomic E-state index is 0. The molecule has 0 aliphatic rings. The standard InChI is InChI=1S/C11H20O2.Dy/c1-10(2,3)8(12)7-9(13)11(4,5)6;/h7,12H,1-6H3;/b8-7-;. The first-order valence-electron chi connectivity index (χ1n) is 4.51. The molecular weight excluding hydrogens is 327 g/mol. The Hall–Kier alpha value is 0.483. The molecule has 0 heterocycles. The van der Waals surface area contributed by atoms with Gasteiger partial charge in [0, 0.05) is 55.1 Å². The summed E-state index contributed by atoms with van der Waals surface area (Å²) in [5.41, 5.74) is -0.764. The molecule has 0 aromatic rings. The van der Waals surface area contributed by atoms with E-state index in [9.17, 15) is 9.90 Å². The zero-order valence-electron chi connectivity index (χ0n) is 9.75. The first-order chi connectivity index (χ1) is 5.55. The van der Waals surface area contributed by atoms with Crippen LogP contribution in [0.1, 0.15) is 41.5 Å². The number of hydrogen-bond acceptors (Lipinski definition) is 2. The van der Waals surface area contributed by atoms with E-state index in [0.717, 1.165) is 0 Å². The quantitative estimate of drug-likeness (QED) is 0.585. The largest absolute Gasteiger partial charge is 0.512 e. The van der Waals surface area contributed by atoms with Gasteiger partial charge >= 0.3 is 0 Å². The molecule has 1 N–H and O–H groups in total. The van der Waals surface area contributed by atoms with Crippen molar-refractivity contribution in [2.75, 3.05) is 0 Å². The fourth-order valence-electron chi connectivity index (χ4n) is 0.557. The Morgan fingerprint density at radius 1 is 1.00 bits per heavy atom. The summed E-state index contributed by atoms with van der Waals surface area (Å²) >= 11 is 0. The average Bonchev–Trinajstić information content (AvgIpc) is 1.82. The van der Waals surface area contributed by atoms with E-state index >= 15 is 0 Å². The predicted molar refractivity (Wildman–Crippen MR) is 54.6 cm³/mol. The molecule has 86 valence electrons. The topological polar surface area (TPSA) is 37.3 Å². The molecule has 0 aliphatic carbocycles. The molecule has 2 nitrogen and oxygen atoms in total. The van der Waals surface area contributed by atoms with Crippen LogP contribution in [0, 0.1) is 49.0 Å². The third-order valence-corrected chi connectivity index (χ3v) is 1.78. The average molecular weight is 347 g/mol. The fraction of sp³-hybridized carbons (Fsp3) is 0.727. The molecule has 0 amide bonds. The van der Waals surface area contributed by atoms with E-state index < -0.39 is 5.41 Å². The van der Waals surface area contributed by atoms with Crippen LogP contribution < -0.4 is 0 Å². The van der Waals surface area contributed by atoms with Crippen molar-refractivity contribution in [3.8, 4) is 0 Å². The molecule has 0 unspecified atom stereocenters. The Kier molecular flexibility index (Phi) is 6.68. The molecule has 0 atom stereocenters. The van der Waals surface area contributed by atoms with Crippen LogP contribution in [-0.4, -0.2) is 10.9 Å². The maximum atomic E-state index is 11.5. The Labute approximate surface area is 117 Å². The molecule has 0 saturated carbocycles. The van der Waals surface area contributed by atoms with Crippen molar-refractivity contribution < 1.29 is 48.1 Å². The van der Waals surface area contributed by atoms with Crippen molar-refractivity contribution in [2.45, 2.75) is 41.5 Å². The zero-order valence-corrected chi connectivity index (χ0v) is 11.8. The molecule has 0 radical (unpaired) electrons. The SMILES string of the molecule is CC(C)(C)C(=O)/C=C(\O)C(C)(C)C.[Dy]. The van der Waals surface area contributed by atoms with E-state index in [1.807, 2.05) is 41.5 Å². The molecule has 14 heavy (non-hydrogen) atoms.